The third-order valence-electron chi connectivity index (χ3n) is 4.02. The van der Waals surface area contributed by atoms with E-state index in [0.717, 1.165) is 11.6 Å². The number of nitrogens with one attached hydrogen (secondary N) is 1. The average molecular weight is 267 g/mol. The third kappa shape index (κ3) is 3.47. The maximum atomic E-state index is 6.04. The standard InChI is InChI=1S/C15H23ClN2/c1-11(12-6-4-7-14(16)9-12)18-15-8-3-2-5-13(15)10-17/h4,6-7,9,11,13,15,18H,2-3,5,8,10,17H2,1H3/t11-,13?,15?/m1/s1. The summed E-state index contributed by atoms with van der Waals surface area (Å²) < 4.78 is 0. The Balaban J connectivity index is 1.99. The van der Waals surface area contributed by atoms with Crippen molar-refractivity contribution in [1.29, 1.82) is 0 Å². The summed E-state index contributed by atoms with van der Waals surface area (Å²) in [5.41, 5.74) is 7.12. The molecule has 1 aliphatic rings. The second kappa shape index (κ2) is 6.55. The van der Waals surface area contributed by atoms with E-state index in [4.69, 9.17) is 17.3 Å². The van der Waals surface area contributed by atoms with Gasteiger partial charge >= 0.3 is 0 Å². The van der Waals surface area contributed by atoms with Crippen molar-refractivity contribution in [1.82, 2.24) is 5.32 Å². The second-order valence-corrected chi connectivity index (χ2v) is 5.77. The molecule has 18 heavy (non-hydrogen) atoms. The minimum absolute atomic E-state index is 0.334. The maximum Gasteiger partial charge on any atom is 0.0409 e. The molecule has 0 saturated heterocycles. The normalized spacial score (nSPS) is 25.9. The molecule has 100 valence electrons. The summed E-state index contributed by atoms with van der Waals surface area (Å²) in [6, 6.07) is 8.99. The number of rotatable bonds is 4. The third-order valence-corrected chi connectivity index (χ3v) is 4.26. The molecule has 0 aromatic heterocycles. The summed E-state index contributed by atoms with van der Waals surface area (Å²) in [5.74, 6) is 0.625. The highest BCUT2D eigenvalue weighted by molar-refractivity contribution is 6.30. The van der Waals surface area contributed by atoms with E-state index >= 15 is 0 Å². The largest absolute Gasteiger partial charge is 0.330 e. The van der Waals surface area contributed by atoms with Crippen LogP contribution in [0.2, 0.25) is 5.02 Å². The van der Waals surface area contributed by atoms with Crippen molar-refractivity contribution in [2.45, 2.75) is 44.7 Å². The first-order valence-electron chi connectivity index (χ1n) is 6.92. The highest BCUT2D eigenvalue weighted by atomic mass is 35.5. The van der Waals surface area contributed by atoms with Gasteiger partial charge in [0.1, 0.15) is 0 Å². The van der Waals surface area contributed by atoms with Crippen molar-refractivity contribution in [2.24, 2.45) is 11.7 Å². The molecule has 0 aliphatic heterocycles. The van der Waals surface area contributed by atoms with Crippen LogP contribution in [0.3, 0.4) is 0 Å². The lowest BCUT2D eigenvalue weighted by Gasteiger charge is -2.34. The SMILES string of the molecule is C[C@@H](NC1CCCCC1CN)c1cccc(Cl)c1. The summed E-state index contributed by atoms with van der Waals surface area (Å²) in [7, 11) is 0. The van der Waals surface area contributed by atoms with E-state index < -0.39 is 0 Å². The fourth-order valence-electron chi connectivity index (χ4n) is 2.90. The van der Waals surface area contributed by atoms with Crippen LogP contribution in [0.1, 0.15) is 44.2 Å². The van der Waals surface area contributed by atoms with Crippen LogP contribution in [0, 0.1) is 5.92 Å². The number of nitrogens with two attached hydrogens (primary N) is 1. The summed E-state index contributed by atoms with van der Waals surface area (Å²) >= 11 is 6.04. The Labute approximate surface area is 115 Å². The van der Waals surface area contributed by atoms with Gasteiger partial charge in [-0.1, -0.05) is 36.6 Å². The van der Waals surface area contributed by atoms with Gasteiger partial charge in [0, 0.05) is 17.1 Å². The Bertz CT molecular complexity index is 381. The molecule has 3 atom stereocenters. The first-order valence-corrected chi connectivity index (χ1v) is 7.30. The van der Waals surface area contributed by atoms with Gasteiger partial charge in [-0.15, -0.1) is 0 Å². The molecule has 0 spiro atoms. The molecule has 1 aromatic carbocycles. The quantitative estimate of drug-likeness (QED) is 0.875. The molecular weight excluding hydrogens is 244 g/mol. The highest BCUT2D eigenvalue weighted by Gasteiger charge is 2.25. The highest BCUT2D eigenvalue weighted by Crippen LogP contribution is 2.26. The van der Waals surface area contributed by atoms with E-state index in [0.29, 0.717) is 18.0 Å². The number of hydrogen-bond acceptors (Lipinski definition) is 2. The van der Waals surface area contributed by atoms with Crippen molar-refractivity contribution in [3.8, 4) is 0 Å². The van der Waals surface area contributed by atoms with Crippen LogP contribution < -0.4 is 11.1 Å². The Hall–Kier alpha value is -0.570. The molecule has 0 radical (unpaired) electrons. The van der Waals surface area contributed by atoms with E-state index in [1.165, 1.54) is 31.2 Å². The lowest BCUT2D eigenvalue weighted by molar-refractivity contribution is 0.252. The molecule has 3 heteroatoms. The first kappa shape index (κ1) is 13.9. The summed E-state index contributed by atoms with van der Waals surface area (Å²) in [4.78, 5) is 0. The van der Waals surface area contributed by atoms with Crippen molar-refractivity contribution < 1.29 is 0 Å². The average Bonchev–Trinajstić information content (AvgIpc) is 2.39. The van der Waals surface area contributed by atoms with Crippen LogP contribution in [0.25, 0.3) is 0 Å². The monoisotopic (exact) mass is 266 g/mol. The van der Waals surface area contributed by atoms with E-state index in [9.17, 15) is 0 Å². The zero-order valence-electron chi connectivity index (χ0n) is 11.0. The zero-order valence-corrected chi connectivity index (χ0v) is 11.8. The predicted molar refractivity (Wildman–Crippen MR) is 77.8 cm³/mol. The first-order chi connectivity index (χ1) is 8.70. The Morgan fingerprint density at radius 2 is 2.17 bits per heavy atom. The molecule has 2 nitrogen and oxygen atoms in total. The molecule has 2 rings (SSSR count). The van der Waals surface area contributed by atoms with Crippen molar-refractivity contribution in [2.75, 3.05) is 6.54 Å². The molecule has 1 fully saturated rings. The Morgan fingerprint density at radius 1 is 1.39 bits per heavy atom. The van der Waals surface area contributed by atoms with E-state index in [1.54, 1.807) is 0 Å². The van der Waals surface area contributed by atoms with Gasteiger partial charge in [0.25, 0.3) is 0 Å². The van der Waals surface area contributed by atoms with E-state index in [2.05, 4.69) is 18.3 Å². The van der Waals surface area contributed by atoms with Gasteiger partial charge < -0.3 is 11.1 Å². The van der Waals surface area contributed by atoms with Crippen molar-refractivity contribution in [3.05, 3.63) is 34.9 Å². The van der Waals surface area contributed by atoms with Crippen LogP contribution in [0.15, 0.2) is 24.3 Å². The summed E-state index contributed by atoms with van der Waals surface area (Å²) in [5, 5.41) is 4.53. The van der Waals surface area contributed by atoms with Gasteiger partial charge in [-0.25, -0.2) is 0 Å². The van der Waals surface area contributed by atoms with Crippen LogP contribution in [0.5, 0.6) is 0 Å². The van der Waals surface area contributed by atoms with Gasteiger partial charge in [0.05, 0.1) is 0 Å². The second-order valence-electron chi connectivity index (χ2n) is 5.33. The van der Waals surface area contributed by atoms with Gasteiger partial charge in [0.2, 0.25) is 0 Å². The Kier molecular flexibility index (Phi) is 5.04. The smallest absolute Gasteiger partial charge is 0.0409 e. The predicted octanol–water partition coefficient (Wildman–Crippen LogP) is 3.51. The van der Waals surface area contributed by atoms with Gasteiger partial charge in [-0.05, 0) is 49.9 Å². The van der Waals surface area contributed by atoms with E-state index in [1.807, 2.05) is 18.2 Å². The molecule has 0 amide bonds. The summed E-state index contributed by atoms with van der Waals surface area (Å²) in [6.07, 6.45) is 5.14. The lowest BCUT2D eigenvalue weighted by atomic mass is 9.84. The maximum absolute atomic E-state index is 6.04. The van der Waals surface area contributed by atoms with Gasteiger partial charge in [0.15, 0.2) is 0 Å². The number of hydrogen-bond donors (Lipinski definition) is 2. The Morgan fingerprint density at radius 3 is 2.89 bits per heavy atom. The van der Waals surface area contributed by atoms with Crippen LogP contribution in [-0.4, -0.2) is 12.6 Å². The van der Waals surface area contributed by atoms with E-state index in [-0.39, 0.29) is 0 Å². The minimum Gasteiger partial charge on any atom is -0.330 e. The fraction of sp³-hybridized carbons (Fsp3) is 0.600. The van der Waals surface area contributed by atoms with Crippen molar-refractivity contribution >= 4 is 11.6 Å². The molecular formula is C15H23ClN2. The molecule has 1 aromatic rings. The van der Waals surface area contributed by atoms with Crippen LogP contribution in [0.4, 0.5) is 0 Å². The van der Waals surface area contributed by atoms with Crippen molar-refractivity contribution in [3.63, 3.8) is 0 Å². The minimum atomic E-state index is 0.334. The topological polar surface area (TPSA) is 38.0 Å². The molecule has 1 aliphatic carbocycles. The number of benzene rings is 1. The van der Waals surface area contributed by atoms with Crippen LogP contribution in [-0.2, 0) is 0 Å². The summed E-state index contributed by atoms with van der Waals surface area (Å²) in [6.45, 7) is 2.99. The fourth-order valence-corrected chi connectivity index (χ4v) is 3.10. The molecule has 2 unspecified atom stereocenters. The van der Waals surface area contributed by atoms with Gasteiger partial charge in [-0.3, -0.25) is 0 Å². The van der Waals surface area contributed by atoms with Crippen LogP contribution >= 0.6 is 11.6 Å². The molecule has 1 saturated carbocycles. The zero-order chi connectivity index (χ0) is 13.0. The molecule has 0 heterocycles. The molecule has 0 bridgehead atoms. The molecule has 3 N–H and O–H groups in total. The van der Waals surface area contributed by atoms with Gasteiger partial charge in [-0.2, -0.15) is 0 Å². The lowest BCUT2D eigenvalue weighted by Crippen LogP contribution is -2.42. The number of halogens is 1.